The zero-order chi connectivity index (χ0) is 12.3. The van der Waals surface area contributed by atoms with E-state index in [2.05, 4.69) is 51.2 Å². The lowest BCUT2D eigenvalue weighted by molar-refractivity contribution is 0.257. The molecular formula is C13H18ClNO. The molecule has 1 aromatic carbocycles. The van der Waals surface area contributed by atoms with Gasteiger partial charge in [-0.05, 0) is 36.6 Å². The Labute approximate surface area is 102 Å². The van der Waals surface area contributed by atoms with E-state index in [1.165, 1.54) is 16.7 Å². The van der Waals surface area contributed by atoms with Crippen LogP contribution in [-0.2, 0) is 5.41 Å². The second kappa shape index (κ2) is 4.88. The second-order valence-electron chi connectivity index (χ2n) is 4.83. The molecule has 88 valence electrons. The molecule has 1 N–H and O–H groups in total. The molecule has 0 aliphatic carbocycles. The molecular weight excluding hydrogens is 222 g/mol. The van der Waals surface area contributed by atoms with Crippen molar-refractivity contribution in [3.8, 4) is 0 Å². The van der Waals surface area contributed by atoms with Crippen molar-refractivity contribution in [1.82, 2.24) is 5.32 Å². The first-order chi connectivity index (χ1) is 7.33. The summed E-state index contributed by atoms with van der Waals surface area (Å²) in [6, 6.07) is 6.36. The van der Waals surface area contributed by atoms with Crippen LogP contribution in [0.15, 0.2) is 18.2 Å². The average Bonchev–Trinajstić information content (AvgIpc) is 2.14. The summed E-state index contributed by atoms with van der Waals surface area (Å²) in [7, 11) is 0. The molecule has 0 saturated heterocycles. The molecule has 0 atom stereocenters. The van der Waals surface area contributed by atoms with Crippen molar-refractivity contribution in [2.24, 2.45) is 0 Å². The SMILES string of the molecule is Cc1ccc(C(C)(C)CNC(=O)Cl)c(C)c1. The zero-order valence-corrected chi connectivity index (χ0v) is 11.0. The third kappa shape index (κ3) is 3.24. The molecule has 1 rings (SSSR count). The highest BCUT2D eigenvalue weighted by atomic mass is 35.5. The van der Waals surface area contributed by atoms with Crippen molar-refractivity contribution in [3.63, 3.8) is 0 Å². The van der Waals surface area contributed by atoms with Gasteiger partial charge in [-0.1, -0.05) is 37.6 Å². The summed E-state index contributed by atoms with van der Waals surface area (Å²) in [6.45, 7) is 8.89. The van der Waals surface area contributed by atoms with Crippen molar-refractivity contribution in [2.45, 2.75) is 33.1 Å². The van der Waals surface area contributed by atoms with Gasteiger partial charge in [0.15, 0.2) is 0 Å². The van der Waals surface area contributed by atoms with E-state index in [1.807, 2.05) is 0 Å². The largest absolute Gasteiger partial charge is 0.342 e. The van der Waals surface area contributed by atoms with Crippen LogP contribution in [0.2, 0.25) is 0 Å². The van der Waals surface area contributed by atoms with E-state index >= 15 is 0 Å². The minimum Gasteiger partial charge on any atom is -0.342 e. The summed E-state index contributed by atoms with van der Waals surface area (Å²) in [5.41, 5.74) is 3.62. The number of benzene rings is 1. The van der Waals surface area contributed by atoms with Crippen LogP contribution in [0.5, 0.6) is 0 Å². The number of hydrogen-bond acceptors (Lipinski definition) is 1. The number of nitrogens with one attached hydrogen (secondary N) is 1. The first-order valence-electron chi connectivity index (χ1n) is 5.34. The fourth-order valence-electron chi connectivity index (χ4n) is 1.96. The van der Waals surface area contributed by atoms with Gasteiger partial charge in [-0.2, -0.15) is 0 Å². The van der Waals surface area contributed by atoms with Gasteiger partial charge >= 0.3 is 5.37 Å². The Bertz CT molecular complexity index is 399. The third-order valence-corrected chi connectivity index (χ3v) is 2.91. The zero-order valence-electron chi connectivity index (χ0n) is 10.2. The highest BCUT2D eigenvalue weighted by Crippen LogP contribution is 2.26. The van der Waals surface area contributed by atoms with Crippen molar-refractivity contribution in [3.05, 3.63) is 34.9 Å². The standard InChI is InChI=1S/C13H18ClNO/c1-9-5-6-11(10(2)7-9)13(3,4)8-15-12(14)16/h5-7H,8H2,1-4H3,(H,15,16). The monoisotopic (exact) mass is 239 g/mol. The Morgan fingerprint density at radius 3 is 2.50 bits per heavy atom. The summed E-state index contributed by atoms with van der Waals surface area (Å²) in [5, 5.41) is 2.15. The van der Waals surface area contributed by atoms with Crippen LogP contribution >= 0.6 is 11.6 Å². The van der Waals surface area contributed by atoms with Crippen LogP contribution in [0.4, 0.5) is 4.79 Å². The number of halogens is 1. The molecule has 0 aliphatic rings. The van der Waals surface area contributed by atoms with Gasteiger partial charge in [0, 0.05) is 12.0 Å². The summed E-state index contributed by atoms with van der Waals surface area (Å²) in [4.78, 5) is 10.7. The van der Waals surface area contributed by atoms with Gasteiger partial charge in [0.25, 0.3) is 0 Å². The summed E-state index contributed by atoms with van der Waals surface area (Å²) in [6.07, 6.45) is 0. The Balaban J connectivity index is 2.92. The summed E-state index contributed by atoms with van der Waals surface area (Å²) >= 11 is 5.29. The number of amides is 1. The maximum absolute atomic E-state index is 10.7. The minimum atomic E-state index is -0.502. The van der Waals surface area contributed by atoms with E-state index in [0.717, 1.165) is 0 Å². The predicted molar refractivity (Wildman–Crippen MR) is 68.2 cm³/mol. The lowest BCUT2D eigenvalue weighted by Crippen LogP contribution is -2.34. The molecule has 3 heteroatoms. The lowest BCUT2D eigenvalue weighted by atomic mass is 9.81. The fourth-order valence-corrected chi connectivity index (χ4v) is 2.03. The first kappa shape index (κ1) is 13.0. The quantitative estimate of drug-likeness (QED) is 0.635. The van der Waals surface area contributed by atoms with Crippen molar-refractivity contribution in [1.29, 1.82) is 0 Å². The molecule has 0 heterocycles. The van der Waals surface area contributed by atoms with Crippen molar-refractivity contribution >= 4 is 17.0 Å². The first-order valence-corrected chi connectivity index (χ1v) is 5.72. The third-order valence-electron chi connectivity index (χ3n) is 2.78. The molecule has 0 saturated carbocycles. The van der Waals surface area contributed by atoms with E-state index in [-0.39, 0.29) is 5.41 Å². The number of carbonyl (C=O) groups is 1. The topological polar surface area (TPSA) is 29.1 Å². The summed E-state index contributed by atoms with van der Waals surface area (Å²) < 4.78 is 0. The maximum atomic E-state index is 10.7. The van der Waals surface area contributed by atoms with Crippen LogP contribution in [0.1, 0.15) is 30.5 Å². The second-order valence-corrected chi connectivity index (χ2v) is 5.17. The van der Waals surface area contributed by atoms with Crippen LogP contribution in [0, 0.1) is 13.8 Å². The van der Waals surface area contributed by atoms with Crippen LogP contribution < -0.4 is 5.32 Å². The molecule has 16 heavy (non-hydrogen) atoms. The van der Waals surface area contributed by atoms with Crippen molar-refractivity contribution < 1.29 is 4.79 Å². The molecule has 1 aromatic rings. The minimum absolute atomic E-state index is 0.109. The molecule has 0 spiro atoms. The Kier molecular flexibility index (Phi) is 3.98. The maximum Gasteiger partial charge on any atom is 0.313 e. The average molecular weight is 240 g/mol. The molecule has 1 amide bonds. The molecule has 2 nitrogen and oxygen atoms in total. The van der Waals surface area contributed by atoms with Gasteiger partial charge in [-0.15, -0.1) is 0 Å². The van der Waals surface area contributed by atoms with Gasteiger partial charge in [0.1, 0.15) is 0 Å². The predicted octanol–water partition coefficient (Wildman–Crippen LogP) is 3.53. The van der Waals surface area contributed by atoms with Crippen LogP contribution in [0.25, 0.3) is 0 Å². The highest BCUT2D eigenvalue weighted by Gasteiger charge is 2.22. The van der Waals surface area contributed by atoms with Gasteiger partial charge in [-0.3, -0.25) is 4.79 Å². The molecule has 0 unspecified atom stereocenters. The van der Waals surface area contributed by atoms with E-state index < -0.39 is 5.37 Å². The van der Waals surface area contributed by atoms with E-state index in [9.17, 15) is 4.79 Å². The van der Waals surface area contributed by atoms with E-state index in [0.29, 0.717) is 6.54 Å². The fraction of sp³-hybridized carbons (Fsp3) is 0.462. The number of aryl methyl sites for hydroxylation is 2. The number of carbonyl (C=O) groups excluding carboxylic acids is 1. The Morgan fingerprint density at radius 1 is 1.38 bits per heavy atom. The highest BCUT2D eigenvalue weighted by molar-refractivity contribution is 6.62. The van der Waals surface area contributed by atoms with Gasteiger partial charge < -0.3 is 5.32 Å². The van der Waals surface area contributed by atoms with Crippen LogP contribution in [-0.4, -0.2) is 11.9 Å². The van der Waals surface area contributed by atoms with Crippen LogP contribution in [0.3, 0.4) is 0 Å². The molecule has 0 radical (unpaired) electrons. The number of hydrogen-bond donors (Lipinski definition) is 1. The van der Waals surface area contributed by atoms with E-state index in [1.54, 1.807) is 0 Å². The van der Waals surface area contributed by atoms with Gasteiger partial charge in [0.2, 0.25) is 0 Å². The molecule has 0 aliphatic heterocycles. The number of rotatable bonds is 3. The molecule has 0 aromatic heterocycles. The normalized spacial score (nSPS) is 11.3. The van der Waals surface area contributed by atoms with Gasteiger partial charge in [-0.25, -0.2) is 0 Å². The smallest absolute Gasteiger partial charge is 0.313 e. The molecule has 0 bridgehead atoms. The Hall–Kier alpha value is -1.02. The van der Waals surface area contributed by atoms with Gasteiger partial charge in [0.05, 0.1) is 0 Å². The lowest BCUT2D eigenvalue weighted by Gasteiger charge is -2.27. The summed E-state index contributed by atoms with van der Waals surface area (Å²) in [5.74, 6) is 0. The van der Waals surface area contributed by atoms with Crippen molar-refractivity contribution in [2.75, 3.05) is 6.54 Å². The Morgan fingerprint density at radius 2 is 2.00 bits per heavy atom. The molecule has 0 fully saturated rings. The van der Waals surface area contributed by atoms with E-state index in [4.69, 9.17) is 11.6 Å².